The van der Waals surface area contributed by atoms with Gasteiger partial charge in [0.05, 0.1) is 5.02 Å². The Hall–Kier alpha value is -0.960. The van der Waals surface area contributed by atoms with Crippen LogP contribution < -0.4 is 5.73 Å². The van der Waals surface area contributed by atoms with Crippen molar-refractivity contribution in [3.8, 4) is 0 Å². The summed E-state index contributed by atoms with van der Waals surface area (Å²) in [6, 6.07) is 14.7. The van der Waals surface area contributed by atoms with Crippen LogP contribution in [0.2, 0.25) is 5.02 Å². The number of nitrogens with two attached hydrogens (primary N) is 1. The third-order valence-corrected chi connectivity index (χ3v) is 4.76. The van der Waals surface area contributed by atoms with Crippen molar-refractivity contribution in [2.75, 3.05) is 0 Å². The molecular weight excluding hydrogens is 286 g/mol. The normalized spacial score (nSPS) is 12.7. The molecule has 0 aromatic heterocycles. The van der Waals surface area contributed by atoms with Gasteiger partial charge in [0.2, 0.25) is 0 Å². The molecule has 106 valence electrons. The molecule has 1 nitrogen and oxygen atoms in total. The number of benzene rings is 2. The molecule has 2 aromatic carbocycles. The Morgan fingerprint density at radius 3 is 2.05 bits per heavy atom. The zero-order valence-corrected chi connectivity index (χ0v) is 13.6. The first-order valence-corrected chi connectivity index (χ1v) is 7.99. The Bertz CT molecular complexity index is 576. The van der Waals surface area contributed by atoms with E-state index in [2.05, 4.69) is 38.1 Å². The van der Waals surface area contributed by atoms with Gasteiger partial charge in [0.1, 0.15) is 0 Å². The van der Waals surface area contributed by atoms with Crippen molar-refractivity contribution in [1.82, 2.24) is 0 Å². The number of hydrogen-bond donors (Lipinski definition) is 1. The average molecular weight is 306 g/mol. The van der Waals surface area contributed by atoms with E-state index in [4.69, 9.17) is 17.3 Å². The van der Waals surface area contributed by atoms with Gasteiger partial charge in [0.15, 0.2) is 0 Å². The molecule has 0 radical (unpaired) electrons. The summed E-state index contributed by atoms with van der Waals surface area (Å²) < 4.78 is 0. The maximum absolute atomic E-state index is 6.33. The highest BCUT2D eigenvalue weighted by molar-refractivity contribution is 7.99. The summed E-state index contributed by atoms with van der Waals surface area (Å²) in [6.45, 7) is 6.36. The van der Waals surface area contributed by atoms with Gasteiger partial charge in [-0.25, -0.2) is 0 Å². The molecule has 0 aliphatic carbocycles. The molecule has 20 heavy (non-hydrogen) atoms. The minimum Gasteiger partial charge on any atom is -0.324 e. The molecule has 0 unspecified atom stereocenters. The van der Waals surface area contributed by atoms with Gasteiger partial charge in [0, 0.05) is 15.8 Å². The van der Waals surface area contributed by atoms with Crippen LogP contribution in [0, 0.1) is 0 Å². The summed E-state index contributed by atoms with van der Waals surface area (Å²) in [5.74, 6) is 0.558. The van der Waals surface area contributed by atoms with Crippen molar-refractivity contribution in [2.45, 2.75) is 42.5 Å². The van der Waals surface area contributed by atoms with Crippen molar-refractivity contribution in [2.24, 2.45) is 5.73 Å². The second-order valence-electron chi connectivity index (χ2n) is 5.30. The number of rotatable bonds is 4. The van der Waals surface area contributed by atoms with E-state index in [0.717, 1.165) is 15.5 Å². The van der Waals surface area contributed by atoms with Crippen molar-refractivity contribution in [1.29, 1.82) is 0 Å². The van der Waals surface area contributed by atoms with Crippen LogP contribution in [-0.4, -0.2) is 0 Å². The van der Waals surface area contributed by atoms with Crippen molar-refractivity contribution < 1.29 is 0 Å². The maximum atomic E-state index is 6.33. The highest BCUT2D eigenvalue weighted by Crippen LogP contribution is 2.35. The molecule has 0 fully saturated rings. The van der Waals surface area contributed by atoms with Crippen LogP contribution in [0.1, 0.15) is 43.9 Å². The predicted molar refractivity (Wildman–Crippen MR) is 88.7 cm³/mol. The standard InChI is InChI=1S/C17H20ClNS/c1-11(2)13-4-7-15(8-5-13)20-17-9-6-14(12(3)19)10-16(17)18/h4-12H,19H2,1-3H3/t12-/m0/s1. The lowest BCUT2D eigenvalue weighted by atomic mass is 10.0. The molecule has 3 heteroatoms. The highest BCUT2D eigenvalue weighted by Gasteiger charge is 2.07. The second kappa shape index (κ2) is 6.66. The second-order valence-corrected chi connectivity index (χ2v) is 6.83. The molecule has 0 spiro atoms. The Morgan fingerprint density at radius 1 is 0.950 bits per heavy atom. The molecule has 1 atom stereocenters. The van der Waals surface area contributed by atoms with Crippen molar-refractivity contribution in [3.05, 3.63) is 58.6 Å². The Balaban J connectivity index is 2.17. The summed E-state index contributed by atoms with van der Waals surface area (Å²) in [7, 11) is 0. The summed E-state index contributed by atoms with van der Waals surface area (Å²) in [6.07, 6.45) is 0. The first-order valence-electron chi connectivity index (χ1n) is 6.80. The van der Waals surface area contributed by atoms with E-state index in [-0.39, 0.29) is 6.04 Å². The lowest BCUT2D eigenvalue weighted by molar-refractivity contribution is 0.817. The fourth-order valence-corrected chi connectivity index (χ4v) is 3.05. The zero-order valence-electron chi connectivity index (χ0n) is 12.1. The van der Waals surface area contributed by atoms with E-state index < -0.39 is 0 Å². The highest BCUT2D eigenvalue weighted by atomic mass is 35.5. The monoisotopic (exact) mass is 305 g/mol. The van der Waals surface area contributed by atoms with Gasteiger partial charge in [-0.15, -0.1) is 0 Å². The molecule has 2 N–H and O–H groups in total. The van der Waals surface area contributed by atoms with Crippen LogP contribution in [0.3, 0.4) is 0 Å². The average Bonchev–Trinajstić information content (AvgIpc) is 2.41. The topological polar surface area (TPSA) is 26.0 Å². The fourth-order valence-electron chi connectivity index (χ4n) is 1.93. The summed E-state index contributed by atoms with van der Waals surface area (Å²) in [5.41, 5.74) is 8.28. The van der Waals surface area contributed by atoms with E-state index in [0.29, 0.717) is 5.92 Å². The number of hydrogen-bond acceptors (Lipinski definition) is 2. The van der Waals surface area contributed by atoms with Gasteiger partial charge in [-0.3, -0.25) is 0 Å². The molecule has 0 heterocycles. The lowest BCUT2D eigenvalue weighted by Gasteiger charge is -2.10. The molecule has 0 bridgehead atoms. The third-order valence-electron chi connectivity index (χ3n) is 3.26. The van der Waals surface area contributed by atoms with Crippen LogP contribution >= 0.6 is 23.4 Å². The van der Waals surface area contributed by atoms with E-state index in [1.807, 2.05) is 25.1 Å². The molecule has 2 rings (SSSR count). The van der Waals surface area contributed by atoms with E-state index in [1.54, 1.807) is 11.8 Å². The first-order chi connectivity index (χ1) is 9.47. The Labute approximate surface area is 130 Å². The summed E-state index contributed by atoms with van der Waals surface area (Å²) in [5, 5.41) is 0.762. The Morgan fingerprint density at radius 2 is 1.55 bits per heavy atom. The molecule has 0 saturated carbocycles. The van der Waals surface area contributed by atoms with Crippen LogP contribution in [-0.2, 0) is 0 Å². The number of halogens is 1. The quantitative estimate of drug-likeness (QED) is 0.791. The van der Waals surface area contributed by atoms with E-state index in [1.165, 1.54) is 10.5 Å². The molecule has 0 amide bonds. The molecule has 0 aliphatic rings. The predicted octanol–water partition coefficient (Wildman–Crippen LogP) is 5.63. The van der Waals surface area contributed by atoms with E-state index in [9.17, 15) is 0 Å². The van der Waals surface area contributed by atoms with E-state index >= 15 is 0 Å². The van der Waals surface area contributed by atoms with Gasteiger partial charge in [-0.05, 0) is 48.2 Å². The largest absolute Gasteiger partial charge is 0.324 e. The summed E-state index contributed by atoms with van der Waals surface area (Å²) >= 11 is 8.01. The van der Waals surface area contributed by atoms with Crippen LogP contribution in [0.25, 0.3) is 0 Å². The summed E-state index contributed by atoms with van der Waals surface area (Å²) in [4.78, 5) is 2.26. The van der Waals surface area contributed by atoms with Crippen LogP contribution in [0.5, 0.6) is 0 Å². The molecule has 0 aliphatic heterocycles. The molecule has 0 saturated heterocycles. The molecular formula is C17H20ClNS. The van der Waals surface area contributed by atoms with Crippen molar-refractivity contribution in [3.63, 3.8) is 0 Å². The molecule has 2 aromatic rings. The SMILES string of the molecule is CC(C)c1ccc(Sc2ccc([C@H](C)N)cc2Cl)cc1. The van der Waals surface area contributed by atoms with Gasteiger partial charge in [-0.1, -0.05) is 55.4 Å². The maximum Gasteiger partial charge on any atom is 0.0548 e. The first kappa shape index (κ1) is 15.4. The Kier molecular flexibility index (Phi) is 5.14. The van der Waals surface area contributed by atoms with Gasteiger partial charge in [0.25, 0.3) is 0 Å². The van der Waals surface area contributed by atoms with Crippen LogP contribution in [0.4, 0.5) is 0 Å². The van der Waals surface area contributed by atoms with Crippen LogP contribution in [0.15, 0.2) is 52.3 Å². The van der Waals surface area contributed by atoms with Gasteiger partial charge in [-0.2, -0.15) is 0 Å². The lowest BCUT2D eigenvalue weighted by Crippen LogP contribution is -2.04. The fraction of sp³-hybridized carbons (Fsp3) is 0.294. The van der Waals surface area contributed by atoms with Gasteiger partial charge < -0.3 is 5.73 Å². The minimum absolute atomic E-state index is 0.0110. The van der Waals surface area contributed by atoms with Gasteiger partial charge >= 0.3 is 0 Å². The third kappa shape index (κ3) is 3.78. The zero-order chi connectivity index (χ0) is 14.7. The minimum atomic E-state index is 0.0110. The van der Waals surface area contributed by atoms with Crippen molar-refractivity contribution >= 4 is 23.4 Å². The smallest absolute Gasteiger partial charge is 0.0548 e.